The van der Waals surface area contributed by atoms with Crippen molar-refractivity contribution in [3.8, 4) is 0 Å². The molecule has 2 aliphatic heterocycles. The number of nitrogens with zero attached hydrogens (tertiary/aromatic N) is 2. The first kappa shape index (κ1) is 18.9. The van der Waals surface area contributed by atoms with Gasteiger partial charge in [-0.15, -0.1) is 0 Å². The van der Waals surface area contributed by atoms with E-state index in [1.54, 1.807) is 0 Å². The van der Waals surface area contributed by atoms with Crippen molar-refractivity contribution in [3.63, 3.8) is 0 Å². The molecule has 0 aliphatic carbocycles. The van der Waals surface area contributed by atoms with Gasteiger partial charge in [-0.2, -0.15) is 0 Å². The summed E-state index contributed by atoms with van der Waals surface area (Å²) in [5.41, 5.74) is 5.06. The van der Waals surface area contributed by atoms with Gasteiger partial charge < -0.3 is 0 Å². The monoisotopic (exact) mass is 463 g/mol. The summed E-state index contributed by atoms with van der Waals surface area (Å²) in [4.78, 5) is 27.6. The first-order chi connectivity index (χ1) is 14.4. The van der Waals surface area contributed by atoms with Crippen molar-refractivity contribution in [3.05, 3.63) is 81.9 Å². The standard InChI is InChI=1S/C24H21N3O2Se/c1-24(2)17-11-7-8-12-20(17)27(15-9-5-4-6-10-15)22-18(24)13-16(30-22)14-19-21(28)26(3)23(29)25-19/h4-14H,1-3H3,(H,25,29)/b19-14+. The number of rotatable bonds is 2. The molecule has 3 aromatic rings. The Balaban J connectivity index is 1.69. The van der Waals surface area contributed by atoms with Crippen LogP contribution in [-0.2, 0) is 10.2 Å². The van der Waals surface area contributed by atoms with E-state index in [2.05, 4.69) is 78.7 Å². The molecule has 30 heavy (non-hydrogen) atoms. The van der Waals surface area contributed by atoms with E-state index in [-0.39, 0.29) is 31.9 Å². The molecule has 2 aliphatic rings. The summed E-state index contributed by atoms with van der Waals surface area (Å²) in [6.07, 6.45) is 1.84. The zero-order valence-corrected chi connectivity index (χ0v) is 18.7. The molecule has 0 spiro atoms. The number of benzene rings is 2. The second-order valence-corrected chi connectivity index (χ2v) is 10.3. The number of para-hydroxylation sites is 2. The predicted molar refractivity (Wildman–Crippen MR) is 119 cm³/mol. The Morgan fingerprint density at radius 2 is 1.67 bits per heavy atom. The van der Waals surface area contributed by atoms with Gasteiger partial charge >= 0.3 is 181 Å². The normalized spacial score (nSPS) is 18.4. The molecule has 0 unspecified atom stereocenters. The van der Waals surface area contributed by atoms with Crippen LogP contribution >= 0.6 is 0 Å². The molecule has 5 nitrogen and oxygen atoms in total. The van der Waals surface area contributed by atoms with Crippen LogP contribution in [0.15, 0.2) is 66.4 Å². The minimum absolute atomic E-state index is 0.00482. The van der Waals surface area contributed by atoms with Gasteiger partial charge in [0.1, 0.15) is 0 Å². The zero-order valence-electron chi connectivity index (χ0n) is 17.0. The van der Waals surface area contributed by atoms with Crippen LogP contribution in [-0.4, -0.2) is 38.4 Å². The number of hydrogen-bond acceptors (Lipinski definition) is 3. The Labute approximate surface area is 181 Å². The number of urea groups is 1. The summed E-state index contributed by atoms with van der Waals surface area (Å²) in [5.74, 6) is -0.288. The molecule has 5 rings (SSSR count). The maximum atomic E-state index is 12.3. The molecule has 1 saturated heterocycles. The summed E-state index contributed by atoms with van der Waals surface area (Å²) in [6.45, 7) is 4.50. The fraction of sp³-hybridized carbons (Fsp3) is 0.167. The first-order valence-corrected chi connectivity index (χ1v) is 11.5. The van der Waals surface area contributed by atoms with Gasteiger partial charge in [0.05, 0.1) is 0 Å². The van der Waals surface area contributed by atoms with E-state index in [1.165, 1.54) is 28.4 Å². The number of carbonyl (C=O) groups excluding carboxylic acids is 2. The first-order valence-electron chi connectivity index (χ1n) is 9.77. The fourth-order valence-electron chi connectivity index (χ4n) is 4.14. The number of hydrogen-bond donors (Lipinski definition) is 1. The van der Waals surface area contributed by atoms with E-state index in [0.29, 0.717) is 5.70 Å². The molecule has 6 heteroatoms. The number of amides is 3. The summed E-state index contributed by atoms with van der Waals surface area (Å²) in [6, 6.07) is 20.7. The Bertz CT molecular complexity index is 1210. The molecular formula is C24H21N3O2Se. The van der Waals surface area contributed by atoms with Crippen molar-refractivity contribution in [1.29, 1.82) is 0 Å². The van der Waals surface area contributed by atoms with Crippen LogP contribution in [0.1, 0.15) is 29.4 Å². The van der Waals surface area contributed by atoms with E-state index in [9.17, 15) is 9.59 Å². The van der Waals surface area contributed by atoms with Crippen LogP contribution < -0.4 is 10.2 Å². The van der Waals surface area contributed by atoms with Crippen molar-refractivity contribution >= 4 is 48.5 Å². The second kappa shape index (κ2) is 6.73. The Morgan fingerprint density at radius 3 is 2.37 bits per heavy atom. The van der Waals surface area contributed by atoms with E-state index >= 15 is 0 Å². The summed E-state index contributed by atoms with van der Waals surface area (Å²) in [7, 11) is 1.49. The van der Waals surface area contributed by atoms with Gasteiger partial charge in [-0.25, -0.2) is 0 Å². The number of fused-ring (bicyclic) bond motifs is 2. The molecule has 150 valence electrons. The van der Waals surface area contributed by atoms with E-state index in [1.807, 2.05) is 12.1 Å². The Morgan fingerprint density at radius 1 is 0.967 bits per heavy atom. The third-order valence-electron chi connectivity index (χ3n) is 5.81. The number of carbonyl (C=O) groups is 2. The summed E-state index contributed by atoms with van der Waals surface area (Å²) < 4.78 is 2.35. The molecule has 0 saturated carbocycles. The van der Waals surface area contributed by atoms with Crippen LogP contribution in [0.2, 0.25) is 0 Å². The molecule has 1 fully saturated rings. The predicted octanol–water partition coefficient (Wildman–Crippen LogP) is 4.38. The van der Waals surface area contributed by atoms with Crippen molar-refractivity contribution < 1.29 is 9.59 Å². The SMILES string of the molecule is CN1C(=O)N/C(=C/c2cc3c([se]2)N(c2ccccc2)c2ccccc2C3(C)C)C1=O. The molecule has 0 radical (unpaired) electrons. The summed E-state index contributed by atoms with van der Waals surface area (Å²) >= 11 is -0.00482. The van der Waals surface area contributed by atoms with Crippen molar-refractivity contribution in [2.75, 3.05) is 11.9 Å². The third kappa shape index (κ3) is 2.76. The topological polar surface area (TPSA) is 52.7 Å². The van der Waals surface area contributed by atoms with E-state index in [0.717, 1.165) is 15.0 Å². The van der Waals surface area contributed by atoms with Gasteiger partial charge in [0.25, 0.3) is 0 Å². The number of imide groups is 1. The van der Waals surface area contributed by atoms with Crippen LogP contribution in [0, 0.1) is 0 Å². The van der Waals surface area contributed by atoms with Crippen molar-refractivity contribution in [2.24, 2.45) is 0 Å². The molecule has 2 aromatic carbocycles. The molecule has 3 amide bonds. The molecule has 3 heterocycles. The van der Waals surface area contributed by atoms with Gasteiger partial charge in [0.15, 0.2) is 0 Å². The van der Waals surface area contributed by atoms with Crippen LogP contribution in [0.4, 0.5) is 20.7 Å². The van der Waals surface area contributed by atoms with Crippen molar-refractivity contribution in [2.45, 2.75) is 19.3 Å². The number of anilines is 3. The molecule has 0 atom stereocenters. The van der Waals surface area contributed by atoms with Gasteiger partial charge in [0.2, 0.25) is 0 Å². The average molecular weight is 462 g/mol. The Hall–Kier alpha value is -3.08. The molecule has 1 aromatic heterocycles. The molecule has 0 bridgehead atoms. The minimum atomic E-state index is -0.381. The van der Waals surface area contributed by atoms with E-state index < -0.39 is 0 Å². The van der Waals surface area contributed by atoms with Gasteiger partial charge in [0, 0.05) is 0 Å². The zero-order chi connectivity index (χ0) is 21.0. The maximum absolute atomic E-state index is 12.3. The van der Waals surface area contributed by atoms with Crippen LogP contribution in [0.5, 0.6) is 0 Å². The summed E-state index contributed by atoms with van der Waals surface area (Å²) in [5, 5.41) is 2.68. The molecular weight excluding hydrogens is 441 g/mol. The fourth-order valence-corrected chi connectivity index (χ4v) is 6.85. The number of likely N-dealkylation sites (N-methyl/N-ethyl adjacent to an activating group) is 1. The van der Waals surface area contributed by atoms with Gasteiger partial charge in [-0.3, -0.25) is 0 Å². The number of nitrogens with one attached hydrogen (secondary N) is 1. The molecule has 1 N–H and O–H groups in total. The Kier molecular flexibility index (Phi) is 4.24. The quantitative estimate of drug-likeness (QED) is 0.350. The van der Waals surface area contributed by atoms with Crippen LogP contribution in [0.25, 0.3) is 6.08 Å². The van der Waals surface area contributed by atoms with Gasteiger partial charge in [-0.05, 0) is 0 Å². The van der Waals surface area contributed by atoms with Gasteiger partial charge in [-0.1, -0.05) is 0 Å². The average Bonchev–Trinajstić information content (AvgIpc) is 3.27. The second-order valence-electron chi connectivity index (χ2n) is 8.03. The van der Waals surface area contributed by atoms with Crippen LogP contribution in [0.3, 0.4) is 0 Å². The van der Waals surface area contributed by atoms with E-state index in [4.69, 9.17) is 0 Å². The van der Waals surface area contributed by atoms with Crippen molar-refractivity contribution in [1.82, 2.24) is 10.2 Å². The third-order valence-corrected chi connectivity index (χ3v) is 8.05.